The number of carbonyl (C=O) groups is 1. The maximum Gasteiger partial charge on any atom is 0.323 e. The zero-order chi connectivity index (χ0) is 26.7. The second kappa shape index (κ2) is 12.0. The van der Waals surface area contributed by atoms with E-state index in [0.29, 0.717) is 23.4 Å². The van der Waals surface area contributed by atoms with Gasteiger partial charge in [-0.25, -0.2) is 4.98 Å². The number of aromatic nitrogens is 1. The van der Waals surface area contributed by atoms with Crippen molar-refractivity contribution in [3.8, 4) is 10.6 Å². The lowest BCUT2D eigenvalue weighted by Gasteiger charge is -2.40. The number of aliphatic hydroxyl groups excluding tert-OH is 3. The summed E-state index contributed by atoms with van der Waals surface area (Å²) in [5.74, 6) is 0.320. The zero-order valence-corrected chi connectivity index (χ0v) is 22.1. The van der Waals surface area contributed by atoms with E-state index in [-0.39, 0.29) is 12.5 Å². The first-order valence-electron chi connectivity index (χ1n) is 12.0. The normalized spacial score (nSPS) is 24.8. The summed E-state index contributed by atoms with van der Waals surface area (Å²) in [6.07, 6.45) is -2.21. The number of benzene rings is 1. The van der Waals surface area contributed by atoms with Crippen molar-refractivity contribution in [3.63, 3.8) is 0 Å². The third-order valence-electron chi connectivity index (χ3n) is 6.19. The summed E-state index contributed by atoms with van der Waals surface area (Å²) in [6, 6.07) is 8.01. The topological polar surface area (TPSA) is 148 Å². The maximum absolute atomic E-state index is 12.2. The number of carbonyl (C=O) groups excluding carboxylic acids is 1. The van der Waals surface area contributed by atoms with Gasteiger partial charge in [0, 0.05) is 17.6 Å². The molecular formula is C26H31ClN2O7S. The second-order valence-corrected chi connectivity index (χ2v) is 11.1. The molecule has 5 N–H and O–H groups in total. The molecule has 1 saturated heterocycles. The quantitative estimate of drug-likeness (QED) is 0.295. The standard InChI is InChI=1S/C26H31ClN2O7S/c1-13(2)8-17(28)26(33)35-12-19-22(30)23(31)24(32)25(36-19)14-5-6-16(27)15(9-14)10-21-29-11-20(37-21)18-4-3-7-34-18/h3-7,9,11,13,17,19,22-25,30-32H,8,10,12,28H2,1-2H3/t17?,19-,22+,23-,24-,25+/m1/s1. The van der Waals surface area contributed by atoms with Crippen molar-refractivity contribution in [2.75, 3.05) is 6.61 Å². The van der Waals surface area contributed by atoms with Gasteiger partial charge in [0.25, 0.3) is 0 Å². The molecular weight excluding hydrogens is 520 g/mol. The molecule has 1 aliphatic rings. The Morgan fingerprint density at radius 1 is 1.22 bits per heavy atom. The third kappa shape index (κ3) is 6.58. The highest BCUT2D eigenvalue weighted by molar-refractivity contribution is 7.15. The van der Waals surface area contributed by atoms with E-state index in [4.69, 9.17) is 31.2 Å². The summed E-state index contributed by atoms with van der Waals surface area (Å²) in [7, 11) is 0. The van der Waals surface area contributed by atoms with Crippen molar-refractivity contribution < 1.29 is 34.0 Å². The fourth-order valence-electron chi connectivity index (χ4n) is 4.23. The minimum atomic E-state index is -1.51. The molecule has 11 heteroatoms. The molecule has 4 rings (SSSR count). The highest BCUT2D eigenvalue weighted by Gasteiger charge is 2.45. The molecule has 0 spiro atoms. The average molecular weight is 551 g/mol. The summed E-state index contributed by atoms with van der Waals surface area (Å²) in [4.78, 5) is 17.6. The fraction of sp³-hybridized carbons (Fsp3) is 0.462. The van der Waals surface area contributed by atoms with Crippen molar-refractivity contribution in [1.82, 2.24) is 4.98 Å². The monoisotopic (exact) mass is 550 g/mol. The van der Waals surface area contributed by atoms with Gasteiger partial charge < -0.3 is 34.9 Å². The molecule has 6 atom stereocenters. The predicted octanol–water partition coefficient (Wildman–Crippen LogP) is 3.09. The second-order valence-electron chi connectivity index (χ2n) is 9.56. The van der Waals surface area contributed by atoms with Gasteiger partial charge in [-0.15, -0.1) is 11.3 Å². The van der Waals surface area contributed by atoms with E-state index in [9.17, 15) is 20.1 Å². The van der Waals surface area contributed by atoms with Crippen LogP contribution in [0.4, 0.5) is 0 Å². The average Bonchev–Trinajstić information content (AvgIpc) is 3.55. The minimum Gasteiger partial charge on any atom is -0.463 e. The molecule has 3 heterocycles. The van der Waals surface area contributed by atoms with Crippen LogP contribution in [0.2, 0.25) is 5.02 Å². The Hall–Kier alpha value is -2.31. The smallest absolute Gasteiger partial charge is 0.323 e. The Bertz CT molecular complexity index is 1190. The lowest BCUT2D eigenvalue weighted by atomic mass is 9.90. The number of nitrogens with zero attached hydrogens (tertiary/aromatic N) is 1. The number of halogens is 1. The Morgan fingerprint density at radius 2 is 2.00 bits per heavy atom. The lowest BCUT2D eigenvalue weighted by molar-refractivity contribution is -0.234. The number of aliphatic hydroxyl groups is 3. The molecule has 0 amide bonds. The molecule has 0 bridgehead atoms. The van der Waals surface area contributed by atoms with E-state index >= 15 is 0 Å². The van der Waals surface area contributed by atoms with Crippen molar-refractivity contribution in [2.24, 2.45) is 11.7 Å². The molecule has 1 fully saturated rings. The van der Waals surface area contributed by atoms with Crippen LogP contribution in [-0.2, 0) is 20.7 Å². The molecule has 200 valence electrons. The van der Waals surface area contributed by atoms with E-state index in [1.165, 1.54) is 11.3 Å². The van der Waals surface area contributed by atoms with Crippen LogP contribution >= 0.6 is 22.9 Å². The SMILES string of the molecule is CC(C)CC(N)C(=O)OC[C@H]1O[C@@H](c2ccc(Cl)c(Cc3ncc(-c4ccco4)s3)c2)[C@H](O)[C@H](O)[C@H]1O. The number of rotatable bonds is 9. The number of furan rings is 1. The number of hydrogen-bond acceptors (Lipinski definition) is 10. The Morgan fingerprint density at radius 3 is 2.70 bits per heavy atom. The van der Waals surface area contributed by atoms with Crippen LogP contribution in [0.5, 0.6) is 0 Å². The van der Waals surface area contributed by atoms with Crippen molar-refractivity contribution in [3.05, 3.63) is 63.9 Å². The fourth-order valence-corrected chi connectivity index (χ4v) is 5.33. The Balaban J connectivity index is 1.48. The highest BCUT2D eigenvalue weighted by Crippen LogP contribution is 2.35. The molecule has 1 unspecified atom stereocenters. The van der Waals surface area contributed by atoms with Crippen molar-refractivity contribution in [2.45, 2.75) is 63.3 Å². The lowest BCUT2D eigenvalue weighted by Crippen LogP contribution is -2.55. The van der Waals surface area contributed by atoms with Gasteiger partial charge in [-0.1, -0.05) is 37.6 Å². The first-order chi connectivity index (χ1) is 17.6. The van der Waals surface area contributed by atoms with Crippen molar-refractivity contribution >= 4 is 28.9 Å². The van der Waals surface area contributed by atoms with Gasteiger partial charge in [-0.2, -0.15) is 0 Å². The van der Waals surface area contributed by atoms with E-state index in [0.717, 1.165) is 21.2 Å². The van der Waals surface area contributed by atoms with Gasteiger partial charge in [0.2, 0.25) is 0 Å². The van der Waals surface area contributed by atoms with Gasteiger partial charge in [0.15, 0.2) is 0 Å². The van der Waals surface area contributed by atoms with Crippen LogP contribution in [0.3, 0.4) is 0 Å². The predicted molar refractivity (Wildman–Crippen MR) is 138 cm³/mol. The number of ether oxygens (including phenoxy) is 2. The molecule has 3 aromatic rings. The summed E-state index contributed by atoms with van der Waals surface area (Å²) in [5, 5.41) is 33.0. The van der Waals surface area contributed by atoms with Crippen LogP contribution in [0, 0.1) is 5.92 Å². The number of thiazole rings is 1. The maximum atomic E-state index is 12.2. The summed E-state index contributed by atoms with van der Waals surface area (Å²) < 4.78 is 16.6. The Labute approximate surface area is 223 Å². The summed E-state index contributed by atoms with van der Waals surface area (Å²) in [5.41, 5.74) is 7.17. The van der Waals surface area contributed by atoms with Gasteiger partial charge in [0.1, 0.15) is 48.9 Å². The Kier molecular flexibility index (Phi) is 9.02. The summed E-state index contributed by atoms with van der Waals surface area (Å²) in [6.45, 7) is 3.56. The van der Waals surface area contributed by atoms with Crippen LogP contribution in [0.15, 0.2) is 47.2 Å². The van der Waals surface area contributed by atoms with Crippen LogP contribution in [0.25, 0.3) is 10.6 Å². The third-order valence-corrected chi connectivity index (χ3v) is 7.57. The highest BCUT2D eigenvalue weighted by atomic mass is 35.5. The zero-order valence-electron chi connectivity index (χ0n) is 20.5. The molecule has 0 saturated carbocycles. The molecule has 1 aliphatic heterocycles. The van der Waals surface area contributed by atoms with E-state index in [2.05, 4.69) is 4.98 Å². The van der Waals surface area contributed by atoms with Crippen LogP contribution < -0.4 is 5.73 Å². The van der Waals surface area contributed by atoms with Gasteiger partial charge in [-0.05, 0) is 41.7 Å². The number of hydrogen-bond donors (Lipinski definition) is 4. The van der Waals surface area contributed by atoms with Gasteiger partial charge in [0.05, 0.1) is 16.1 Å². The summed E-state index contributed by atoms with van der Waals surface area (Å²) >= 11 is 7.93. The first-order valence-corrected chi connectivity index (χ1v) is 13.2. The van der Waals surface area contributed by atoms with Crippen LogP contribution in [0.1, 0.15) is 42.5 Å². The van der Waals surface area contributed by atoms with Crippen LogP contribution in [-0.4, -0.2) is 63.3 Å². The minimum absolute atomic E-state index is 0.209. The van der Waals surface area contributed by atoms with E-state index in [1.807, 2.05) is 26.0 Å². The van der Waals surface area contributed by atoms with E-state index < -0.39 is 42.5 Å². The van der Waals surface area contributed by atoms with Gasteiger partial charge >= 0.3 is 5.97 Å². The molecule has 0 aliphatic carbocycles. The molecule has 9 nitrogen and oxygen atoms in total. The first kappa shape index (κ1) is 27.7. The molecule has 2 aromatic heterocycles. The number of esters is 1. The number of nitrogens with two attached hydrogens (primary N) is 1. The molecule has 0 radical (unpaired) electrons. The van der Waals surface area contributed by atoms with Gasteiger partial charge in [-0.3, -0.25) is 4.79 Å². The molecule has 1 aromatic carbocycles. The van der Waals surface area contributed by atoms with E-state index in [1.54, 1.807) is 30.7 Å². The molecule has 37 heavy (non-hydrogen) atoms. The van der Waals surface area contributed by atoms with Crippen molar-refractivity contribution in [1.29, 1.82) is 0 Å². The largest absolute Gasteiger partial charge is 0.463 e.